The smallest absolute Gasteiger partial charge is 0.287 e. The van der Waals surface area contributed by atoms with Gasteiger partial charge in [-0.05, 0) is 32.4 Å². The van der Waals surface area contributed by atoms with Gasteiger partial charge in [-0.1, -0.05) is 6.92 Å². The summed E-state index contributed by atoms with van der Waals surface area (Å²) in [6.45, 7) is 5.06. The van der Waals surface area contributed by atoms with Crippen LogP contribution < -0.4 is 10.1 Å². The summed E-state index contributed by atoms with van der Waals surface area (Å²) in [6.07, 6.45) is 0.694. The number of ether oxygens (including phenoxy) is 1. The van der Waals surface area contributed by atoms with Crippen LogP contribution in [0.2, 0.25) is 0 Å². The molecule has 0 saturated carbocycles. The molecule has 4 nitrogen and oxygen atoms in total. The molecule has 1 aromatic carbocycles. The molecule has 0 spiro atoms. The van der Waals surface area contributed by atoms with Gasteiger partial charge >= 0.3 is 0 Å². The second-order valence-electron chi connectivity index (χ2n) is 6.04. The van der Waals surface area contributed by atoms with Crippen molar-refractivity contribution >= 4 is 5.91 Å². The van der Waals surface area contributed by atoms with Gasteiger partial charge in [-0.15, -0.1) is 0 Å². The Balaban J connectivity index is 2.09. The zero-order chi connectivity index (χ0) is 18.8. The Kier molecular flexibility index (Phi) is 5.39. The van der Waals surface area contributed by atoms with Crippen molar-refractivity contribution in [2.24, 2.45) is 0 Å². The topological polar surface area (TPSA) is 51.5 Å². The van der Waals surface area contributed by atoms with Crippen molar-refractivity contribution in [2.75, 3.05) is 0 Å². The summed E-state index contributed by atoms with van der Waals surface area (Å²) >= 11 is 0. The minimum Gasteiger partial charge on any atom is -0.479 e. The van der Waals surface area contributed by atoms with Gasteiger partial charge in [0, 0.05) is 11.6 Å². The molecule has 0 aliphatic heterocycles. The van der Waals surface area contributed by atoms with Crippen molar-refractivity contribution in [1.29, 1.82) is 0 Å². The molecule has 1 N–H and O–H groups in total. The van der Waals surface area contributed by atoms with E-state index in [1.165, 1.54) is 12.1 Å². The molecule has 2 aromatic rings. The van der Waals surface area contributed by atoms with E-state index in [-0.39, 0.29) is 17.6 Å². The minimum atomic E-state index is -1.65. The molecule has 0 unspecified atom stereocenters. The third-order valence-corrected chi connectivity index (χ3v) is 3.65. The van der Waals surface area contributed by atoms with Crippen molar-refractivity contribution in [3.05, 3.63) is 53.0 Å². The Labute approximate surface area is 141 Å². The van der Waals surface area contributed by atoms with E-state index in [0.717, 1.165) is 0 Å². The molecule has 25 heavy (non-hydrogen) atoms. The van der Waals surface area contributed by atoms with Gasteiger partial charge in [0.05, 0.1) is 0 Å². The van der Waals surface area contributed by atoms with E-state index in [4.69, 9.17) is 9.15 Å². The SMILES string of the molecule is CCC(C)(C)NC(=O)c1ccc(COc2c(F)c(F)cc(F)c2F)o1. The fourth-order valence-electron chi connectivity index (χ4n) is 1.86. The summed E-state index contributed by atoms with van der Waals surface area (Å²) in [7, 11) is 0. The van der Waals surface area contributed by atoms with Crippen LogP contribution in [-0.2, 0) is 6.61 Å². The average molecular weight is 359 g/mol. The first-order valence-electron chi connectivity index (χ1n) is 7.51. The molecule has 1 aromatic heterocycles. The molecular weight excluding hydrogens is 342 g/mol. The Morgan fingerprint density at radius 1 is 1.16 bits per heavy atom. The first-order valence-corrected chi connectivity index (χ1v) is 7.51. The van der Waals surface area contributed by atoms with Gasteiger partial charge in [0.25, 0.3) is 5.91 Å². The number of carbonyl (C=O) groups excluding carboxylic acids is 1. The van der Waals surface area contributed by atoms with Gasteiger partial charge in [0.15, 0.2) is 23.1 Å². The Hall–Kier alpha value is -2.51. The van der Waals surface area contributed by atoms with Gasteiger partial charge in [0.1, 0.15) is 12.4 Å². The Bertz CT molecular complexity index is 760. The zero-order valence-electron chi connectivity index (χ0n) is 13.9. The summed E-state index contributed by atoms with van der Waals surface area (Å²) in [6, 6.07) is 2.81. The van der Waals surface area contributed by atoms with Crippen LogP contribution in [0.5, 0.6) is 5.75 Å². The van der Waals surface area contributed by atoms with Crippen LogP contribution in [0.4, 0.5) is 17.6 Å². The Morgan fingerprint density at radius 2 is 1.76 bits per heavy atom. The third kappa shape index (κ3) is 4.32. The molecule has 1 heterocycles. The fourth-order valence-corrected chi connectivity index (χ4v) is 1.86. The number of furan rings is 1. The number of rotatable bonds is 6. The number of hydrogen-bond acceptors (Lipinski definition) is 3. The lowest BCUT2D eigenvalue weighted by Crippen LogP contribution is -2.42. The van der Waals surface area contributed by atoms with Crippen LogP contribution in [0.1, 0.15) is 43.5 Å². The molecule has 0 atom stereocenters. The van der Waals surface area contributed by atoms with Crippen LogP contribution in [0.3, 0.4) is 0 Å². The van der Waals surface area contributed by atoms with Gasteiger partial charge in [-0.3, -0.25) is 4.79 Å². The van der Waals surface area contributed by atoms with Crippen LogP contribution in [0, 0.1) is 23.3 Å². The zero-order valence-corrected chi connectivity index (χ0v) is 13.9. The largest absolute Gasteiger partial charge is 0.479 e. The van der Waals surface area contributed by atoms with Crippen molar-refractivity contribution < 1.29 is 31.5 Å². The van der Waals surface area contributed by atoms with Gasteiger partial charge in [0.2, 0.25) is 11.6 Å². The number of halogens is 4. The molecule has 0 fully saturated rings. The second-order valence-corrected chi connectivity index (χ2v) is 6.04. The van der Waals surface area contributed by atoms with Gasteiger partial charge in [-0.25, -0.2) is 8.78 Å². The number of carbonyl (C=O) groups is 1. The summed E-state index contributed by atoms with van der Waals surface area (Å²) in [5, 5.41) is 2.75. The average Bonchev–Trinajstić information content (AvgIpc) is 3.02. The van der Waals surface area contributed by atoms with E-state index in [0.29, 0.717) is 6.42 Å². The molecule has 8 heteroatoms. The summed E-state index contributed by atoms with van der Waals surface area (Å²) in [5.41, 5.74) is -0.439. The number of nitrogens with one attached hydrogen (secondary N) is 1. The van der Waals surface area contributed by atoms with Crippen LogP contribution in [0.25, 0.3) is 0 Å². The molecule has 0 aliphatic rings. The van der Waals surface area contributed by atoms with Crippen LogP contribution in [0.15, 0.2) is 22.6 Å². The maximum Gasteiger partial charge on any atom is 0.287 e. The summed E-state index contributed by atoms with van der Waals surface area (Å²) < 4.78 is 63.2. The van der Waals surface area contributed by atoms with Crippen molar-refractivity contribution in [3.63, 3.8) is 0 Å². The van der Waals surface area contributed by atoms with Gasteiger partial charge < -0.3 is 14.5 Å². The van der Waals surface area contributed by atoms with E-state index >= 15 is 0 Å². The van der Waals surface area contributed by atoms with E-state index in [2.05, 4.69) is 5.32 Å². The van der Waals surface area contributed by atoms with Crippen molar-refractivity contribution in [3.8, 4) is 5.75 Å². The van der Waals surface area contributed by atoms with Crippen LogP contribution in [-0.4, -0.2) is 11.4 Å². The lowest BCUT2D eigenvalue weighted by atomic mass is 10.0. The van der Waals surface area contributed by atoms with E-state index < -0.39 is 47.1 Å². The number of amides is 1. The highest BCUT2D eigenvalue weighted by molar-refractivity contribution is 5.91. The van der Waals surface area contributed by atoms with E-state index in [1.807, 2.05) is 20.8 Å². The molecular formula is C17H17F4NO3. The Morgan fingerprint density at radius 3 is 2.32 bits per heavy atom. The molecule has 0 aliphatic carbocycles. The molecule has 0 radical (unpaired) electrons. The van der Waals surface area contributed by atoms with Gasteiger partial charge in [-0.2, -0.15) is 8.78 Å². The number of hydrogen-bond donors (Lipinski definition) is 1. The monoisotopic (exact) mass is 359 g/mol. The maximum atomic E-state index is 13.5. The maximum absolute atomic E-state index is 13.5. The highest BCUT2D eigenvalue weighted by Gasteiger charge is 2.23. The van der Waals surface area contributed by atoms with Crippen molar-refractivity contribution in [1.82, 2.24) is 5.32 Å². The first-order chi connectivity index (χ1) is 11.6. The lowest BCUT2D eigenvalue weighted by molar-refractivity contribution is 0.0878. The van der Waals surface area contributed by atoms with E-state index in [9.17, 15) is 22.4 Å². The highest BCUT2D eigenvalue weighted by Crippen LogP contribution is 2.27. The minimum absolute atomic E-state index is 0.0218. The summed E-state index contributed by atoms with van der Waals surface area (Å²) in [5.74, 6) is -8.06. The molecule has 0 bridgehead atoms. The lowest BCUT2D eigenvalue weighted by Gasteiger charge is -2.23. The third-order valence-electron chi connectivity index (χ3n) is 3.65. The van der Waals surface area contributed by atoms with Crippen LogP contribution >= 0.6 is 0 Å². The molecule has 1 amide bonds. The predicted molar refractivity (Wildman–Crippen MR) is 81.2 cm³/mol. The second kappa shape index (κ2) is 7.16. The molecule has 0 saturated heterocycles. The molecule has 136 valence electrons. The standard InChI is InChI=1S/C17H17F4NO3/c1-4-17(2,3)22-16(23)12-6-5-9(25-12)8-24-15-13(20)10(18)7-11(19)14(15)21/h5-7H,4,8H2,1-3H3,(H,22,23). The predicted octanol–water partition coefficient (Wildman–Crippen LogP) is 4.33. The van der Waals surface area contributed by atoms with Crippen molar-refractivity contribution in [2.45, 2.75) is 39.3 Å². The first kappa shape index (κ1) is 18.8. The summed E-state index contributed by atoms with van der Waals surface area (Å²) in [4.78, 5) is 12.0. The molecule has 2 rings (SSSR count). The number of benzene rings is 1. The van der Waals surface area contributed by atoms with E-state index in [1.54, 1.807) is 0 Å². The normalized spacial score (nSPS) is 11.5. The quantitative estimate of drug-likeness (QED) is 0.617. The fraction of sp³-hybridized carbons (Fsp3) is 0.353. The highest BCUT2D eigenvalue weighted by atomic mass is 19.2.